The van der Waals surface area contributed by atoms with Gasteiger partial charge in [0.2, 0.25) is 0 Å². The van der Waals surface area contributed by atoms with Crippen molar-refractivity contribution >= 4 is 10.0 Å². The summed E-state index contributed by atoms with van der Waals surface area (Å²) < 4.78 is 23.9. The lowest BCUT2D eigenvalue weighted by molar-refractivity contribution is 0.583. The molecule has 23 heavy (non-hydrogen) atoms. The summed E-state index contributed by atoms with van der Waals surface area (Å²) in [6.07, 6.45) is 2.46. The predicted molar refractivity (Wildman–Crippen MR) is 88.1 cm³/mol. The van der Waals surface area contributed by atoms with E-state index < -0.39 is 10.0 Å². The van der Waals surface area contributed by atoms with Crippen molar-refractivity contribution < 1.29 is 8.42 Å². The van der Waals surface area contributed by atoms with E-state index in [0.717, 1.165) is 27.0 Å². The number of hydrogen-bond acceptors (Lipinski definition) is 4. The van der Waals surface area contributed by atoms with E-state index in [-0.39, 0.29) is 0 Å². The average Bonchev–Trinajstić information content (AvgIpc) is 3.04. The zero-order valence-electron chi connectivity index (χ0n) is 12.3. The molecule has 5 nitrogen and oxygen atoms in total. The Bertz CT molecular complexity index is 997. The van der Waals surface area contributed by atoms with E-state index in [0.29, 0.717) is 5.69 Å². The van der Waals surface area contributed by atoms with Crippen LogP contribution in [0.3, 0.4) is 0 Å². The third-order valence-corrected chi connectivity index (χ3v) is 3.99. The number of hydrogen-bond donors (Lipinski definition) is 0. The average molecular weight is 323 g/mol. The molecule has 1 heterocycles. The summed E-state index contributed by atoms with van der Waals surface area (Å²) in [6.45, 7) is 0. The van der Waals surface area contributed by atoms with Gasteiger partial charge in [0.25, 0.3) is 10.0 Å². The predicted octanol–water partition coefficient (Wildman–Crippen LogP) is 2.15. The summed E-state index contributed by atoms with van der Waals surface area (Å²) in [4.78, 5) is 0. The Morgan fingerprint density at radius 1 is 0.957 bits per heavy atom. The molecule has 0 spiro atoms. The molecule has 1 aromatic heterocycles. The fraction of sp³-hybridized carbons (Fsp3) is 0.0588. The lowest BCUT2D eigenvalue weighted by Gasteiger charge is -1.99. The van der Waals surface area contributed by atoms with Crippen LogP contribution < -0.4 is 0 Å². The van der Waals surface area contributed by atoms with Gasteiger partial charge in [-0.2, -0.15) is 0 Å². The van der Waals surface area contributed by atoms with E-state index in [1.165, 1.54) is 6.20 Å². The van der Waals surface area contributed by atoms with Crippen molar-refractivity contribution in [2.75, 3.05) is 6.26 Å². The topological polar surface area (TPSA) is 64.8 Å². The lowest BCUT2D eigenvalue weighted by Crippen LogP contribution is -2.10. The summed E-state index contributed by atoms with van der Waals surface area (Å²) in [7, 11) is -3.45. The molecule has 0 saturated carbocycles. The molecule has 3 aromatic rings. The van der Waals surface area contributed by atoms with Crippen LogP contribution in [0.2, 0.25) is 0 Å². The van der Waals surface area contributed by atoms with Gasteiger partial charge in [-0.3, -0.25) is 0 Å². The molecule has 0 radical (unpaired) electrons. The van der Waals surface area contributed by atoms with Gasteiger partial charge in [0.1, 0.15) is 5.69 Å². The van der Waals surface area contributed by atoms with Crippen LogP contribution in [0.25, 0.3) is 11.3 Å². The monoisotopic (exact) mass is 323 g/mol. The lowest BCUT2D eigenvalue weighted by atomic mass is 10.1. The molecule has 0 aliphatic heterocycles. The van der Waals surface area contributed by atoms with Crippen molar-refractivity contribution in [3.63, 3.8) is 0 Å². The molecule has 0 saturated heterocycles. The minimum absolute atomic E-state index is 0.466. The third-order valence-electron chi connectivity index (χ3n) is 3.13. The largest absolute Gasteiger partial charge is 0.252 e. The fourth-order valence-electron chi connectivity index (χ4n) is 2.01. The Morgan fingerprint density at radius 3 is 2.35 bits per heavy atom. The molecule has 0 fully saturated rings. The van der Waals surface area contributed by atoms with Gasteiger partial charge in [0.15, 0.2) is 0 Å². The normalized spacial score (nSPS) is 10.8. The van der Waals surface area contributed by atoms with E-state index >= 15 is 0 Å². The summed E-state index contributed by atoms with van der Waals surface area (Å²) in [5.74, 6) is 6.18. The second kappa shape index (κ2) is 6.07. The van der Waals surface area contributed by atoms with Crippen LogP contribution in [0, 0.1) is 11.8 Å². The zero-order valence-corrected chi connectivity index (χ0v) is 13.2. The van der Waals surface area contributed by atoms with Crippen molar-refractivity contribution in [1.29, 1.82) is 0 Å². The van der Waals surface area contributed by atoms with Gasteiger partial charge in [-0.1, -0.05) is 53.5 Å². The van der Waals surface area contributed by atoms with Gasteiger partial charge in [0, 0.05) is 16.7 Å². The maximum atomic E-state index is 11.5. The van der Waals surface area contributed by atoms with E-state index in [4.69, 9.17) is 0 Å². The van der Waals surface area contributed by atoms with Crippen LogP contribution in [0.1, 0.15) is 11.1 Å². The van der Waals surface area contributed by atoms with Crippen LogP contribution in [-0.4, -0.2) is 29.1 Å². The maximum Gasteiger partial charge on any atom is 0.252 e. The molecule has 6 heteroatoms. The Kier molecular flexibility index (Phi) is 3.96. The van der Waals surface area contributed by atoms with Crippen LogP contribution in [0.4, 0.5) is 0 Å². The summed E-state index contributed by atoms with van der Waals surface area (Å²) >= 11 is 0. The van der Waals surface area contributed by atoms with Crippen molar-refractivity contribution in [2.45, 2.75) is 0 Å². The number of rotatable bonds is 2. The van der Waals surface area contributed by atoms with Gasteiger partial charge in [0.05, 0.1) is 12.5 Å². The Balaban J connectivity index is 2.02. The highest BCUT2D eigenvalue weighted by molar-refractivity contribution is 7.89. The molecule has 3 rings (SSSR count). The Morgan fingerprint density at radius 2 is 1.65 bits per heavy atom. The van der Waals surface area contributed by atoms with Crippen molar-refractivity contribution in [1.82, 2.24) is 14.4 Å². The van der Waals surface area contributed by atoms with Crippen molar-refractivity contribution in [3.8, 4) is 23.1 Å². The van der Waals surface area contributed by atoms with Crippen LogP contribution >= 0.6 is 0 Å². The summed E-state index contributed by atoms with van der Waals surface area (Å²) in [6, 6.07) is 17.1. The van der Waals surface area contributed by atoms with E-state index in [2.05, 4.69) is 22.2 Å². The molecule has 0 atom stereocenters. The first-order valence-electron chi connectivity index (χ1n) is 6.83. The van der Waals surface area contributed by atoms with Gasteiger partial charge >= 0.3 is 0 Å². The number of aromatic nitrogens is 3. The molecule has 0 N–H and O–H groups in total. The minimum Gasteiger partial charge on any atom is -0.205 e. The SMILES string of the molecule is CS(=O)(=O)n1cc(-c2ccccc2C#Cc2ccccc2)nn1. The van der Waals surface area contributed by atoms with Crippen LogP contribution in [-0.2, 0) is 10.0 Å². The molecule has 2 aromatic carbocycles. The molecule has 0 amide bonds. The Labute approximate surface area is 134 Å². The van der Waals surface area contributed by atoms with Crippen molar-refractivity contribution in [2.24, 2.45) is 0 Å². The molecular formula is C17H13N3O2S. The van der Waals surface area contributed by atoms with Crippen LogP contribution in [0.15, 0.2) is 60.8 Å². The molecular weight excluding hydrogens is 310 g/mol. The first-order chi connectivity index (χ1) is 11.0. The highest BCUT2D eigenvalue weighted by atomic mass is 32.2. The van der Waals surface area contributed by atoms with E-state index in [1.54, 1.807) is 0 Å². The minimum atomic E-state index is -3.45. The summed E-state index contributed by atoms with van der Waals surface area (Å²) in [5, 5.41) is 7.59. The molecule has 0 bridgehead atoms. The van der Waals surface area contributed by atoms with Gasteiger partial charge in [-0.25, -0.2) is 8.42 Å². The van der Waals surface area contributed by atoms with Gasteiger partial charge in [-0.05, 0) is 18.2 Å². The molecule has 114 valence electrons. The number of nitrogens with zero attached hydrogens (tertiary/aromatic N) is 3. The van der Waals surface area contributed by atoms with Crippen LogP contribution in [0.5, 0.6) is 0 Å². The summed E-state index contributed by atoms with van der Waals surface area (Å²) in [5.41, 5.74) is 2.87. The highest BCUT2D eigenvalue weighted by Gasteiger charge is 2.12. The third kappa shape index (κ3) is 3.47. The molecule has 0 aliphatic carbocycles. The van der Waals surface area contributed by atoms with Gasteiger partial charge in [-0.15, -0.1) is 9.19 Å². The van der Waals surface area contributed by atoms with E-state index in [9.17, 15) is 8.42 Å². The quantitative estimate of drug-likeness (QED) is 0.678. The molecule has 0 unspecified atom stereocenters. The highest BCUT2D eigenvalue weighted by Crippen LogP contribution is 2.20. The fourth-order valence-corrected chi connectivity index (χ4v) is 2.47. The number of benzene rings is 2. The Hall–Kier alpha value is -2.91. The first-order valence-corrected chi connectivity index (χ1v) is 8.68. The maximum absolute atomic E-state index is 11.5. The first kappa shape index (κ1) is 15.0. The smallest absolute Gasteiger partial charge is 0.205 e. The van der Waals surface area contributed by atoms with Gasteiger partial charge < -0.3 is 0 Å². The second-order valence-electron chi connectivity index (χ2n) is 4.90. The zero-order chi connectivity index (χ0) is 16.3. The second-order valence-corrected chi connectivity index (χ2v) is 6.74. The standard InChI is InChI=1S/C17H13N3O2S/c1-23(21,22)20-13-17(18-19-20)16-10-6-5-9-15(16)12-11-14-7-3-2-4-8-14/h2-10,13H,1H3. The molecule has 0 aliphatic rings. The van der Waals surface area contributed by atoms with Crippen molar-refractivity contribution in [3.05, 3.63) is 71.9 Å². The van der Waals surface area contributed by atoms with E-state index in [1.807, 2.05) is 54.6 Å².